The quantitative estimate of drug-likeness (QED) is 0.299. The molecule has 0 bridgehead atoms. The average molecular weight is 538 g/mol. The summed E-state index contributed by atoms with van der Waals surface area (Å²) in [6, 6.07) is 30.5. The Kier molecular flexibility index (Phi) is 11.5. The first-order chi connectivity index (χ1) is 15.2. The fourth-order valence-corrected chi connectivity index (χ4v) is 3.84. The third-order valence-corrected chi connectivity index (χ3v) is 6.20. The van der Waals surface area contributed by atoms with Gasteiger partial charge in [-0.05, 0) is 29.5 Å². The van der Waals surface area contributed by atoms with E-state index in [-0.39, 0.29) is 57.2 Å². The molecule has 1 saturated heterocycles. The van der Waals surface area contributed by atoms with Crippen molar-refractivity contribution in [2.75, 3.05) is 13.2 Å². The molecule has 4 nitrogen and oxygen atoms in total. The molecule has 3 aromatic rings. The van der Waals surface area contributed by atoms with Crippen molar-refractivity contribution in [1.29, 1.82) is 0 Å². The molecule has 1 aliphatic heterocycles. The zero-order valence-corrected chi connectivity index (χ0v) is 23.3. The van der Waals surface area contributed by atoms with Gasteiger partial charge in [-0.2, -0.15) is 13.5 Å². The first kappa shape index (κ1) is 28.0. The Labute approximate surface area is 234 Å². The Hall–Kier alpha value is -1.28. The second-order valence-corrected chi connectivity index (χ2v) is 8.97. The number of rotatable bonds is 6. The van der Waals surface area contributed by atoms with Crippen LogP contribution in [0, 0.1) is 0 Å². The smallest absolute Gasteiger partial charge is 1.00 e. The van der Waals surface area contributed by atoms with E-state index in [1.165, 1.54) is 12.8 Å². The summed E-state index contributed by atoms with van der Waals surface area (Å²) in [4.78, 5) is 12.3. The van der Waals surface area contributed by atoms with Gasteiger partial charge >= 0.3 is 35.7 Å². The third-order valence-electron chi connectivity index (χ3n) is 5.28. The van der Waals surface area contributed by atoms with Gasteiger partial charge in [-0.15, -0.1) is 0 Å². The van der Waals surface area contributed by atoms with E-state index in [0.29, 0.717) is 6.54 Å². The molecule has 1 N–H and O–H groups in total. The first-order valence-electron chi connectivity index (χ1n) is 10.6. The number of benzene rings is 3. The van der Waals surface area contributed by atoms with Crippen LogP contribution in [0.5, 0.6) is 0 Å². The number of alkyl halides is 1. The van der Waals surface area contributed by atoms with Gasteiger partial charge < -0.3 is 16.2 Å². The van der Waals surface area contributed by atoms with Gasteiger partial charge in [0.05, 0.1) is 13.2 Å². The van der Waals surface area contributed by atoms with E-state index in [1.54, 1.807) is 0 Å². The van der Waals surface area contributed by atoms with Gasteiger partial charge in [0.15, 0.2) is 0 Å². The molecule has 7 heteroatoms. The monoisotopic (exact) mass is 537 g/mol. The van der Waals surface area contributed by atoms with E-state index in [4.69, 9.17) is 9.47 Å². The molecule has 2 fully saturated rings. The molecule has 3 aromatic carbocycles. The fourth-order valence-electron chi connectivity index (χ4n) is 3.57. The van der Waals surface area contributed by atoms with E-state index in [9.17, 15) is 4.79 Å². The van der Waals surface area contributed by atoms with Crippen LogP contribution in [0.1, 0.15) is 31.0 Å². The van der Waals surface area contributed by atoms with Gasteiger partial charge in [0, 0.05) is 4.83 Å². The number of hydrogen-bond donors (Lipinski definition) is 1. The molecule has 1 heterocycles. The molecule has 0 aromatic heterocycles. The normalized spacial score (nSPS) is 16.8. The Balaban J connectivity index is 0.000000751. The molecule has 5 rings (SSSR count). The molecular weight excluding hydrogens is 509 g/mol. The summed E-state index contributed by atoms with van der Waals surface area (Å²) in [5, 5.41) is 2.68. The van der Waals surface area contributed by atoms with E-state index >= 15 is 0 Å². The molecule has 1 saturated carbocycles. The van der Waals surface area contributed by atoms with Crippen LogP contribution in [0.15, 0.2) is 91.0 Å². The largest absolute Gasteiger partial charge is 1.00 e. The van der Waals surface area contributed by atoms with Crippen LogP contribution in [0.2, 0.25) is 0 Å². The van der Waals surface area contributed by atoms with Crippen LogP contribution in [0.3, 0.4) is 0 Å². The number of alkyl carbamates (subject to hydrolysis) is 1. The third kappa shape index (κ3) is 7.35. The van der Waals surface area contributed by atoms with E-state index < -0.39 is 11.7 Å². The minimum absolute atomic E-state index is 0. The van der Waals surface area contributed by atoms with Crippen LogP contribution in [-0.2, 0) is 15.1 Å². The Morgan fingerprint density at radius 3 is 1.58 bits per heavy atom. The Bertz CT molecular complexity index is 884. The standard InChI is InChI=1S/C23H21NO3.C3H5Br.Na.H2S.H/c25-22-24-16-21(27-22)17-26-23(18-10-4-1-5-11-18,19-12-6-2-7-13-19)20-14-8-3-9-15-20;4-3-1-2-3;;;/h1-15,21H,16-17H2,(H,24,25);3H,1-2H2;;1H2;/q;;+1;;-1/t21-;;;;/m0..../s1. The second kappa shape index (κ2) is 13.6. The van der Waals surface area contributed by atoms with E-state index in [0.717, 1.165) is 21.5 Å². The summed E-state index contributed by atoms with van der Waals surface area (Å²) in [7, 11) is 0. The number of hydrogen-bond acceptors (Lipinski definition) is 3. The second-order valence-electron chi connectivity index (χ2n) is 7.67. The van der Waals surface area contributed by atoms with Crippen molar-refractivity contribution in [3.05, 3.63) is 108 Å². The van der Waals surface area contributed by atoms with Crippen LogP contribution in [-0.4, -0.2) is 30.2 Å². The zero-order valence-electron chi connectivity index (χ0n) is 19.7. The molecule has 0 unspecified atom stereocenters. The van der Waals surface area contributed by atoms with E-state index in [1.807, 2.05) is 54.6 Å². The van der Waals surface area contributed by atoms with Gasteiger partial charge in [-0.1, -0.05) is 107 Å². The van der Waals surface area contributed by atoms with Crippen molar-refractivity contribution in [2.45, 2.75) is 29.4 Å². The van der Waals surface area contributed by atoms with Gasteiger partial charge in [0.2, 0.25) is 0 Å². The summed E-state index contributed by atoms with van der Waals surface area (Å²) in [5.41, 5.74) is 2.29. The predicted octanol–water partition coefficient (Wildman–Crippen LogP) is 2.88. The maximum absolute atomic E-state index is 11.4. The molecular formula is C26H29BrNNaO3S. The number of carbonyl (C=O) groups excluding carboxylic acids is 1. The van der Waals surface area contributed by atoms with Crippen molar-refractivity contribution in [2.24, 2.45) is 0 Å². The summed E-state index contributed by atoms with van der Waals surface area (Å²) >= 11 is 3.38. The maximum atomic E-state index is 11.4. The molecule has 1 amide bonds. The molecule has 1 atom stereocenters. The predicted molar refractivity (Wildman–Crippen MR) is 137 cm³/mol. The van der Waals surface area contributed by atoms with Crippen molar-refractivity contribution in [1.82, 2.24) is 5.32 Å². The number of ether oxygens (including phenoxy) is 2. The number of nitrogens with one attached hydrogen (secondary N) is 1. The van der Waals surface area contributed by atoms with Crippen molar-refractivity contribution < 1.29 is 45.3 Å². The molecule has 1 aliphatic carbocycles. The Morgan fingerprint density at radius 2 is 1.27 bits per heavy atom. The minimum atomic E-state index is -0.793. The number of cyclic esters (lactones) is 1. The van der Waals surface area contributed by atoms with Crippen LogP contribution < -0.4 is 34.9 Å². The van der Waals surface area contributed by atoms with Gasteiger partial charge in [0.25, 0.3) is 0 Å². The van der Waals surface area contributed by atoms with Crippen molar-refractivity contribution in [3.63, 3.8) is 0 Å². The maximum Gasteiger partial charge on any atom is 1.00 e. The Morgan fingerprint density at radius 1 is 0.879 bits per heavy atom. The van der Waals surface area contributed by atoms with Crippen LogP contribution in [0.25, 0.3) is 0 Å². The number of carbonyl (C=O) groups is 1. The molecule has 0 spiro atoms. The molecule has 0 radical (unpaired) electrons. The van der Waals surface area contributed by atoms with Gasteiger partial charge in [-0.3, -0.25) is 0 Å². The van der Waals surface area contributed by atoms with Gasteiger partial charge in [-0.25, -0.2) is 4.79 Å². The number of amides is 1. The van der Waals surface area contributed by atoms with Gasteiger partial charge in [0.1, 0.15) is 11.7 Å². The summed E-state index contributed by atoms with van der Waals surface area (Å²) < 4.78 is 11.9. The summed E-state index contributed by atoms with van der Waals surface area (Å²) in [6.45, 7) is 0.741. The molecule has 170 valence electrons. The zero-order chi connectivity index (χ0) is 21.5. The number of halogens is 1. The molecule has 33 heavy (non-hydrogen) atoms. The summed E-state index contributed by atoms with van der Waals surface area (Å²) in [6.07, 6.45) is 2.10. The van der Waals surface area contributed by atoms with Crippen LogP contribution >= 0.6 is 29.4 Å². The SMILES string of the molecule is BrC1CC1.O=C1NC[C@@H](COC(c2ccccc2)(c2ccccc2)c2ccccc2)O1.S.[H-].[Na+]. The fraction of sp³-hybridized carbons (Fsp3) is 0.269. The minimum Gasteiger partial charge on any atom is -1.00 e. The average Bonchev–Trinajstić information content (AvgIpc) is 3.50. The van der Waals surface area contributed by atoms with Crippen LogP contribution in [0.4, 0.5) is 4.79 Å². The molecule has 2 aliphatic rings. The van der Waals surface area contributed by atoms with Crippen molar-refractivity contribution in [3.8, 4) is 0 Å². The van der Waals surface area contributed by atoms with Crippen molar-refractivity contribution >= 4 is 35.5 Å². The van der Waals surface area contributed by atoms with E-state index in [2.05, 4.69) is 57.6 Å². The topological polar surface area (TPSA) is 47.6 Å². The summed E-state index contributed by atoms with van der Waals surface area (Å²) in [5.74, 6) is 0. The first-order valence-corrected chi connectivity index (χ1v) is 11.5.